The molecule has 94 valence electrons. The molecule has 2 N–H and O–H groups in total. The molecule has 0 spiro atoms. The smallest absolute Gasteiger partial charge is 0.293 e. The summed E-state index contributed by atoms with van der Waals surface area (Å²) in [4.78, 5) is 11.8. The van der Waals surface area contributed by atoms with Crippen LogP contribution in [0.4, 0.5) is 11.4 Å². The highest BCUT2D eigenvalue weighted by Gasteiger charge is 2.13. The Labute approximate surface area is 106 Å². The molecule has 0 aliphatic rings. The van der Waals surface area contributed by atoms with E-state index in [1.807, 2.05) is 0 Å². The third kappa shape index (κ3) is 4.58. The van der Waals surface area contributed by atoms with Gasteiger partial charge in [0.1, 0.15) is 5.69 Å². The van der Waals surface area contributed by atoms with Crippen LogP contribution in [0, 0.1) is 10.1 Å². The molecule has 0 radical (unpaired) electrons. The number of benzene rings is 1. The lowest BCUT2D eigenvalue weighted by Crippen LogP contribution is -3.05. The normalized spacial score (nSPS) is 10.6. The topological polar surface area (TPSA) is 59.6 Å². The molecule has 1 rings (SSSR count). The second-order valence-electron chi connectivity index (χ2n) is 4.16. The Morgan fingerprint density at radius 1 is 1.47 bits per heavy atom. The SMILES string of the molecule is C[NH+](C)CCCNc1ccc(Cl)cc1[N+](=O)[O-]. The van der Waals surface area contributed by atoms with Crippen LogP contribution in [-0.2, 0) is 0 Å². The van der Waals surface area contributed by atoms with Gasteiger partial charge in [-0.1, -0.05) is 11.6 Å². The van der Waals surface area contributed by atoms with E-state index >= 15 is 0 Å². The molecule has 5 nitrogen and oxygen atoms in total. The molecular formula is C11H17ClN3O2+. The van der Waals surface area contributed by atoms with Gasteiger partial charge in [-0.2, -0.15) is 0 Å². The van der Waals surface area contributed by atoms with Gasteiger partial charge in [0.25, 0.3) is 5.69 Å². The number of hydrogen-bond acceptors (Lipinski definition) is 3. The maximum Gasteiger partial charge on any atom is 0.293 e. The molecule has 0 aliphatic heterocycles. The Balaban J connectivity index is 2.61. The monoisotopic (exact) mass is 258 g/mol. The van der Waals surface area contributed by atoms with Gasteiger partial charge in [-0.15, -0.1) is 0 Å². The summed E-state index contributed by atoms with van der Waals surface area (Å²) < 4.78 is 0. The summed E-state index contributed by atoms with van der Waals surface area (Å²) in [5.41, 5.74) is 0.544. The van der Waals surface area contributed by atoms with Gasteiger partial charge < -0.3 is 10.2 Å². The highest BCUT2D eigenvalue weighted by atomic mass is 35.5. The van der Waals surface area contributed by atoms with Gasteiger partial charge in [0.05, 0.1) is 25.6 Å². The van der Waals surface area contributed by atoms with E-state index in [-0.39, 0.29) is 5.69 Å². The van der Waals surface area contributed by atoms with Crippen molar-refractivity contribution < 1.29 is 9.82 Å². The zero-order valence-electron chi connectivity index (χ0n) is 10.00. The molecule has 6 heteroatoms. The van der Waals surface area contributed by atoms with Gasteiger partial charge in [-0.3, -0.25) is 10.1 Å². The molecule has 0 aromatic heterocycles. The Morgan fingerprint density at radius 2 is 2.18 bits per heavy atom. The minimum atomic E-state index is -0.425. The lowest BCUT2D eigenvalue weighted by atomic mass is 10.2. The van der Waals surface area contributed by atoms with Crippen molar-refractivity contribution in [3.63, 3.8) is 0 Å². The average Bonchev–Trinajstić information content (AvgIpc) is 2.25. The zero-order valence-corrected chi connectivity index (χ0v) is 10.8. The molecule has 0 amide bonds. The van der Waals surface area contributed by atoms with Crippen molar-refractivity contribution in [1.82, 2.24) is 0 Å². The Hall–Kier alpha value is -1.33. The lowest BCUT2D eigenvalue weighted by Gasteiger charge is -2.09. The number of hydrogen-bond donors (Lipinski definition) is 2. The standard InChI is InChI=1S/C11H16ClN3O2/c1-14(2)7-3-6-13-10-5-4-9(12)8-11(10)15(16)17/h4-5,8,13H,3,6-7H2,1-2H3/p+1. The largest absolute Gasteiger partial charge is 0.379 e. The van der Waals surface area contributed by atoms with Crippen molar-refractivity contribution >= 4 is 23.0 Å². The molecular weight excluding hydrogens is 242 g/mol. The molecule has 0 unspecified atom stereocenters. The Bertz CT molecular complexity index is 396. The predicted molar refractivity (Wildman–Crippen MR) is 68.9 cm³/mol. The molecule has 0 saturated carbocycles. The predicted octanol–water partition coefficient (Wildman–Crippen LogP) is 1.19. The summed E-state index contributed by atoms with van der Waals surface area (Å²) in [6, 6.07) is 4.65. The first-order valence-corrected chi connectivity index (χ1v) is 5.85. The van der Waals surface area contributed by atoms with Crippen molar-refractivity contribution in [2.24, 2.45) is 0 Å². The van der Waals surface area contributed by atoms with E-state index in [0.29, 0.717) is 17.3 Å². The summed E-state index contributed by atoms with van der Waals surface area (Å²) in [6.45, 7) is 1.74. The first-order chi connectivity index (χ1) is 8.00. The second kappa shape index (κ2) is 6.42. The second-order valence-corrected chi connectivity index (χ2v) is 4.59. The number of anilines is 1. The highest BCUT2D eigenvalue weighted by molar-refractivity contribution is 6.30. The van der Waals surface area contributed by atoms with E-state index in [0.717, 1.165) is 13.0 Å². The van der Waals surface area contributed by atoms with Crippen LogP contribution >= 0.6 is 11.6 Å². The third-order valence-corrected chi connectivity index (χ3v) is 2.56. The van der Waals surface area contributed by atoms with Crippen LogP contribution in [0.15, 0.2) is 18.2 Å². The number of rotatable bonds is 6. The summed E-state index contributed by atoms with van der Waals surface area (Å²) in [5.74, 6) is 0. The van der Waals surface area contributed by atoms with Crippen molar-refractivity contribution in [2.45, 2.75) is 6.42 Å². The van der Waals surface area contributed by atoms with Crippen molar-refractivity contribution in [3.8, 4) is 0 Å². The zero-order chi connectivity index (χ0) is 12.8. The first-order valence-electron chi connectivity index (χ1n) is 5.47. The molecule has 0 atom stereocenters. The maximum atomic E-state index is 10.8. The molecule has 0 saturated heterocycles. The summed E-state index contributed by atoms with van der Waals surface area (Å²) in [5, 5.41) is 14.3. The van der Waals surface area contributed by atoms with Crippen LogP contribution in [0.5, 0.6) is 0 Å². The van der Waals surface area contributed by atoms with Crippen LogP contribution in [-0.4, -0.2) is 32.1 Å². The number of quaternary nitrogens is 1. The van der Waals surface area contributed by atoms with Crippen molar-refractivity contribution in [1.29, 1.82) is 0 Å². The minimum Gasteiger partial charge on any atom is -0.379 e. The van der Waals surface area contributed by atoms with Gasteiger partial charge >= 0.3 is 0 Å². The van der Waals surface area contributed by atoms with E-state index in [1.165, 1.54) is 11.0 Å². The van der Waals surface area contributed by atoms with Gasteiger partial charge in [0.15, 0.2) is 0 Å². The number of nitrogens with zero attached hydrogens (tertiary/aromatic N) is 1. The molecule has 1 aromatic carbocycles. The van der Waals surface area contributed by atoms with Crippen molar-refractivity contribution in [2.75, 3.05) is 32.5 Å². The van der Waals surface area contributed by atoms with Crippen LogP contribution < -0.4 is 10.2 Å². The molecule has 0 aliphatic carbocycles. The average molecular weight is 259 g/mol. The minimum absolute atomic E-state index is 0.0229. The van der Waals surface area contributed by atoms with E-state index in [2.05, 4.69) is 19.4 Å². The molecule has 0 bridgehead atoms. The van der Waals surface area contributed by atoms with Crippen LogP contribution in [0.3, 0.4) is 0 Å². The summed E-state index contributed by atoms with van der Waals surface area (Å²) >= 11 is 5.73. The number of nitro groups is 1. The fourth-order valence-electron chi connectivity index (χ4n) is 1.47. The Kier molecular flexibility index (Phi) is 5.18. The van der Waals surface area contributed by atoms with E-state index in [4.69, 9.17) is 11.6 Å². The first kappa shape index (κ1) is 13.7. The quantitative estimate of drug-likeness (QED) is 0.458. The highest BCUT2D eigenvalue weighted by Crippen LogP contribution is 2.27. The van der Waals surface area contributed by atoms with Gasteiger partial charge in [0.2, 0.25) is 0 Å². The fraction of sp³-hybridized carbons (Fsp3) is 0.455. The lowest BCUT2D eigenvalue weighted by molar-refractivity contribution is -0.858. The molecule has 1 aromatic rings. The van der Waals surface area contributed by atoms with Gasteiger partial charge in [-0.25, -0.2) is 0 Å². The van der Waals surface area contributed by atoms with Gasteiger partial charge in [-0.05, 0) is 12.1 Å². The molecule has 0 fully saturated rings. The van der Waals surface area contributed by atoms with Crippen LogP contribution in [0.2, 0.25) is 5.02 Å². The third-order valence-electron chi connectivity index (χ3n) is 2.33. The Morgan fingerprint density at radius 3 is 2.76 bits per heavy atom. The molecule has 17 heavy (non-hydrogen) atoms. The van der Waals surface area contributed by atoms with Gasteiger partial charge in [0, 0.05) is 24.1 Å². The van der Waals surface area contributed by atoms with E-state index in [1.54, 1.807) is 12.1 Å². The van der Waals surface area contributed by atoms with E-state index in [9.17, 15) is 10.1 Å². The maximum absolute atomic E-state index is 10.8. The fourth-order valence-corrected chi connectivity index (χ4v) is 1.64. The number of halogens is 1. The number of nitro benzene ring substituents is 1. The van der Waals surface area contributed by atoms with Crippen LogP contribution in [0.25, 0.3) is 0 Å². The summed E-state index contributed by atoms with van der Waals surface area (Å²) in [6.07, 6.45) is 0.960. The van der Waals surface area contributed by atoms with Crippen molar-refractivity contribution in [3.05, 3.63) is 33.3 Å². The molecule has 0 heterocycles. The number of nitrogens with one attached hydrogen (secondary N) is 2. The summed E-state index contributed by atoms with van der Waals surface area (Å²) in [7, 11) is 4.15. The van der Waals surface area contributed by atoms with Crippen LogP contribution in [0.1, 0.15) is 6.42 Å². The van der Waals surface area contributed by atoms with E-state index < -0.39 is 4.92 Å².